The normalized spacial score (nSPS) is 9.25. The van der Waals surface area contributed by atoms with E-state index in [-0.39, 0.29) is 5.78 Å². The van der Waals surface area contributed by atoms with Crippen LogP contribution in [-0.4, -0.2) is 24.7 Å². The van der Waals surface area contributed by atoms with Crippen LogP contribution < -0.4 is 5.32 Å². The molecule has 0 bridgehead atoms. The van der Waals surface area contributed by atoms with Crippen LogP contribution in [0.1, 0.15) is 6.42 Å². The zero-order chi connectivity index (χ0) is 6.41. The molecule has 0 aliphatic rings. The van der Waals surface area contributed by atoms with Gasteiger partial charge in [-0.15, -0.1) is 0 Å². The van der Waals surface area contributed by atoms with Crippen LogP contribution in [0.15, 0.2) is 0 Å². The van der Waals surface area contributed by atoms with Gasteiger partial charge in [-0.2, -0.15) is 0 Å². The summed E-state index contributed by atoms with van der Waals surface area (Å²) in [6.07, 6.45) is 0.627. The molecule has 0 aromatic rings. The van der Waals surface area contributed by atoms with Crippen LogP contribution in [0.4, 0.5) is 0 Å². The lowest BCUT2D eigenvalue weighted by Crippen LogP contribution is -2.13. The third-order valence-corrected chi connectivity index (χ3v) is 1.43. The predicted octanol–water partition coefficient (Wildman–Crippen LogP) is 0.560. The summed E-state index contributed by atoms with van der Waals surface area (Å²) in [5, 5.41) is 3.37. The Morgan fingerprint density at radius 3 is 2.75 bits per heavy atom. The molecule has 0 aromatic carbocycles. The van der Waals surface area contributed by atoms with Crippen molar-refractivity contribution in [2.75, 3.05) is 18.9 Å². The van der Waals surface area contributed by atoms with E-state index in [2.05, 4.69) is 21.2 Å². The predicted molar refractivity (Wildman–Crippen MR) is 37.3 cm³/mol. The summed E-state index contributed by atoms with van der Waals surface area (Å²) in [6, 6.07) is 0. The van der Waals surface area contributed by atoms with Gasteiger partial charge in [0.2, 0.25) is 0 Å². The van der Waals surface area contributed by atoms with Crippen molar-refractivity contribution in [2.24, 2.45) is 0 Å². The SMILES string of the molecule is CNCCC(=O)CBr. The van der Waals surface area contributed by atoms with Crippen LogP contribution in [0.3, 0.4) is 0 Å². The first-order valence-corrected chi connectivity index (χ1v) is 3.65. The lowest BCUT2D eigenvalue weighted by molar-refractivity contribution is -0.116. The van der Waals surface area contributed by atoms with Gasteiger partial charge in [0.15, 0.2) is 0 Å². The monoisotopic (exact) mass is 179 g/mol. The number of carbonyl (C=O) groups is 1. The number of rotatable bonds is 4. The highest BCUT2D eigenvalue weighted by Gasteiger charge is 1.94. The quantitative estimate of drug-likeness (QED) is 0.640. The van der Waals surface area contributed by atoms with E-state index in [1.807, 2.05) is 7.05 Å². The molecule has 2 nitrogen and oxygen atoms in total. The Labute approximate surface area is 57.8 Å². The smallest absolute Gasteiger partial charge is 0.144 e. The van der Waals surface area contributed by atoms with Gasteiger partial charge in [0.25, 0.3) is 0 Å². The molecule has 0 heterocycles. The highest BCUT2D eigenvalue weighted by atomic mass is 79.9. The number of alkyl halides is 1. The molecule has 1 N–H and O–H groups in total. The third-order valence-electron chi connectivity index (χ3n) is 0.803. The van der Waals surface area contributed by atoms with Gasteiger partial charge in [-0.25, -0.2) is 0 Å². The molecule has 0 radical (unpaired) electrons. The van der Waals surface area contributed by atoms with Crippen molar-refractivity contribution in [3.8, 4) is 0 Å². The van der Waals surface area contributed by atoms with Crippen LogP contribution >= 0.6 is 15.9 Å². The number of carbonyl (C=O) groups excluding carboxylic acids is 1. The summed E-state index contributed by atoms with van der Waals surface area (Å²) in [6.45, 7) is 0.782. The van der Waals surface area contributed by atoms with Crippen molar-refractivity contribution in [3.05, 3.63) is 0 Å². The van der Waals surface area contributed by atoms with E-state index in [0.29, 0.717) is 11.8 Å². The van der Waals surface area contributed by atoms with Gasteiger partial charge in [0, 0.05) is 13.0 Å². The van der Waals surface area contributed by atoms with Crippen molar-refractivity contribution in [1.82, 2.24) is 5.32 Å². The summed E-state index contributed by atoms with van der Waals surface area (Å²) < 4.78 is 0. The van der Waals surface area contributed by atoms with Crippen molar-refractivity contribution in [1.29, 1.82) is 0 Å². The Bertz CT molecular complexity index is 74.8. The van der Waals surface area contributed by atoms with Crippen LogP contribution in [0, 0.1) is 0 Å². The van der Waals surface area contributed by atoms with Gasteiger partial charge in [-0.1, -0.05) is 15.9 Å². The molecule has 0 saturated carbocycles. The number of Topliss-reactive ketones (excluding diaryl/α,β-unsaturated/α-hetero) is 1. The van der Waals surface area contributed by atoms with Gasteiger partial charge in [-0.05, 0) is 7.05 Å². The Hall–Kier alpha value is 0.110. The maximum atomic E-state index is 10.5. The lowest BCUT2D eigenvalue weighted by atomic mass is 10.3. The van der Waals surface area contributed by atoms with E-state index in [0.717, 1.165) is 6.54 Å². The van der Waals surface area contributed by atoms with Gasteiger partial charge >= 0.3 is 0 Å². The highest BCUT2D eigenvalue weighted by Crippen LogP contribution is 1.85. The summed E-state index contributed by atoms with van der Waals surface area (Å²) in [5.41, 5.74) is 0. The molecule has 0 amide bonds. The van der Waals surface area contributed by atoms with Crippen LogP contribution in [0.5, 0.6) is 0 Å². The number of halogens is 1. The minimum absolute atomic E-state index is 0.249. The van der Waals surface area contributed by atoms with E-state index < -0.39 is 0 Å². The molecule has 0 saturated heterocycles. The summed E-state index contributed by atoms with van der Waals surface area (Å²) in [4.78, 5) is 10.5. The molecule has 0 rings (SSSR count). The molecule has 3 heteroatoms. The average molecular weight is 180 g/mol. The Morgan fingerprint density at radius 1 is 1.75 bits per heavy atom. The maximum Gasteiger partial charge on any atom is 0.144 e. The Balaban J connectivity index is 2.99. The molecule has 8 heavy (non-hydrogen) atoms. The zero-order valence-electron chi connectivity index (χ0n) is 4.91. The van der Waals surface area contributed by atoms with Crippen molar-refractivity contribution in [2.45, 2.75) is 6.42 Å². The fraction of sp³-hybridized carbons (Fsp3) is 0.800. The molecule has 0 aliphatic carbocycles. The minimum atomic E-state index is 0.249. The first kappa shape index (κ1) is 8.11. The van der Waals surface area contributed by atoms with Gasteiger partial charge in [0.05, 0.1) is 5.33 Å². The molecule has 0 aliphatic heterocycles. The van der Waals surface area contributed by atoms with Crippen molar-refractivity contribution in [3.63, 3.8) is 0 Å². The summed E-state index contributed by atoms with van der Waals surface area (Å²) in [5.74, 6) is 0.249. The molecule has 0 unspecified atom stereocenters. The van der Waals surface area contributed by atoms with Crippen LogP contribution in [0.25, 0.3) is 0 Å². The van der Waals surface area contributed by atoms with Gasteiger partial charge in [-0.3, -0.25) is 4.79 Å². The first-order chi connectivity index (χ1) is 3.81. The first-order valence-electron chi connectivity index (χ1n) is 2.53. The minimum Gasteiger partial charge on any atom is -0.319 e. The maximum absolute atomic E-state index is 10.5. The number of hydrogen-bond donors (Lipinski definition) is 1. The fourth-order valence-electron chi connectivity index (χ4n) is 0.331. The number of ketones is 1. The van der Waals surface area contributed by atoms with E-state index in [1.165, 1.54) is 0 Å². The Kier molecular flexibility index (Phi) is 5.32. The Morgan fingerprint density at radius 2 is 2.38 bits per heavy atom. The van der Waals surface area contributed by atoms with Crippen LogP contribution in [0.2, 0.25) is 0 Å². The van der Waals surface area contributed by atoms with E-state index >= 15 is 0 Å². The summed E-state index contributed by atoms with van der Waals surface area (Å²) >= 11 is 3.07. The van der Waals surface area contributed by atoms with Gasteiger partial charge < -0.3 is 5.32 Å². The molecule has 48 valence electrons. The second-order valence-electron chi connectivity index (χ2n) is 1.53. The fourth-order valence-corrected chi connectivity index (χ4v) is 0.612. The van der Waals surface area contributed by atoms with E-state index in [1.54, 1.807) is 0 Å². The van der Waals surface area contributed by atoms with E-state index in [9.17, 15) is 4.79 Å². The topological polar surface area (TPSA) is 29.1 Å². The van der Waals surface area contributed by atoms with Crippen LogP contribution in [-0.2, 0) is 4.79 Å². The largest absolute Gasteiger partial charge is 0.319 e. The van der Waals surface area contributed by atoms with Gasteiger partial charge in [0.1, 0.15) is 5.78 Å². The molecule has 0 atom stereocenters. The zero-order valence-corrected chi connectivity index (χ0v) is 6.49. The number of nitrogens with one attached hydrogen (secondary N) is 1. The van der Waals surface area contributed by atoms with Crippen molar-refractivity contribution < 1.29 is 4.79 Å². The molecule has 0 spiro atoms. The second-order valence-corrected chi connectivity index (χ2v) is 2.09. The molecular formula is C5H10BrNO. The third kappa shape index (κ3) is 4.27. The highest BCUT2D eigenvalue weighted by molar-refractivity contribution is 9.09. The second kappa shape index (κ2) is 5.25. The number of hydrogen-bond acceptors (Lipinski definition) is 2. The average Bonchev–Trinajstić information content (AvgIpc) is 1.83. The van der Waals surface area contributed by atoms with Crippen molar-refractivity contribution >= 4 is 21.7 Å². The lowest BCUT2D eigenvalue weighted by Gasteiger charge is -1.92. The molecule has 0 aromatic heterocycles. The summed E-state index contributed by atoms with van der Waals surface area (Å²) in [7, 11) is 1.83. The standard InChI is InChI=1S/C5H10BrNO/c1-7-3-2-5(8)4-6/h7H,2-4H2,1H3. The molecular weight excluding hydrogens is 170 g/mol. The molecule has 0 fully saturated rings. The van der Waals surface area contributed by atoms with E-state index in [4.69, 9.17) is 0 Å².